The number of carboxylic acid groups (broad SMARTS) is 1. The molecule has 0 bridgehead atoms. The Kier molecular flexibility index (Phi) is 3.82. The summed E-state index contributed by atoms with van der Waals surface area (Å²) in [6.45, 7) is 5.11. The minimum Gasteiger partial charge on any atom is -0.480 e. The van der Waals surface area contributed by atoms with E-state index >= 15 is 0 Å². The van der Waals surface area contributed by atoms with E-state index in [-0.39, 0.29) is 11.9 Å². The van der Waals surface area contributed by atoms with E-state index in [4.69, 9.17) is 0 Å². The lowest BCUT2D eigenvalue weighted by atomic mass is 9.96. The quantitative estimate of drug-likeness (QED) is 0.818. The average Bonchev–Trinajstić information content (AvgIpc) is 3.31. The summed E-state index contributed by atoms with van der Waals surface area (Å²) in [6.07, 6.45) is 5.40. The van der Waals surface area contributed by atoms with E-state index in [9.17, 15) is 14.7 Å². The predicted molar refractivity (Wildman–Crippen MR) is 78.1 cm³/mol. The van der Waals surface area contributed by atoms with Gasteiger partial charge in [-0.15, -0.1) is 0 Å². The van der Waals surface area contributed by atoms with Gasteiger partial charge in [-0.05, 0) is 45.1 Å². The maximum absolute atomic E-state index is 12.5. The molecule has 0 radical (unpaired) electrons. The Morgan fingerprint density at radius 2 is 1.90 bits per heavy atom. The number of carboxylic acids is 1. The van der Waals surface area contributed by atoms with Crippen LogP contribution in [0, 0.1) is 5.92 Å². The highest BCUT2D eigenvalue weighted by Crippen LogP contribution is 2.39. The normalized spacial score (nSPS) is 29.4. The van der Waals surface area contributed by atoms with Gasteiger partial charge in [0.1, 0.15) is 5.54 Å². The molecule has 2 aliphatic heterocycles. The molecule has 2 unspecified atom stereocenters. The first kappa shape index (κ1) is 14.6. The predicted octanol–water partition coefficient (Wildman–Crippen LogP) is 1.12. The van der Waals surface area contributed by atoms with Crippen molar-refractivity contribution in [2.45, 2.75) is 50.6 Å². The maximum Gasteiger partial charge on any atom is 0.329 e. The minimum absolute atomic E-state index is 0.0786. The molecule has 118 valence electrons. The fourth-order valence-corrected chi connectivity index (χ4v) is 3.63. The zero-order valence-corrected chi connectivity index (χ0v) is 12.7. The number of hydrogen-bond donors (Lipinski definition) is 2. The SMILES string of the molecule is CC(NC(=O)N1CCN2CCCCC2C1)(C(=O)O)C1CC1. The third-order valence-electron chi connectivity index (χ3n) is 5.33. The smallest absolute Gasteiger partial charge is 0.329 e. The van der Waals surface area contributed by atoms with Crippen molar-refractivity contribution in [3.63, 3.8) is 0 Å². The molecule has 2 saturated heterocycles. The Morgan fingerprint density at radius 3 is 2.57 bits per heavy atom. The van der Waals surface area contributed by atoms with Gasteiger partial charge < -0.3 is 15.3 Å². The standard InChI is InChI=1S/C15H25N3O3/c1-15(13(19)20,11-5-6-11)16-14(21)18-9-8-17-7-3-2-4-12(17)10-18/h11-12H,2-10H2,1H3,(H,16,21)(H,19,20). The molecule has 1 aliphatic carbocycles. The van der Waals surface area contributed by atoms with Gasteiger partial charge in [0.25, 0.3) is 0 Å². The summed E-state index contributed by atoms with van der Waals surface area (Å²) >= 11 is 0. The number of hydrogen-bond acceptors (Lipinski definition) is 3. The molecule has 0 aromatic heterocycles. The second-order valence-electron chi connectivity index (χ2n) is 6.84. The van der Waals surface area contributed by atoms with Gasteiger partial charge in [-0.3, -0.25) is 4.90 Å². The summed E-state index contributed by atoms with van der Waals surface area (Å²) in [4.78, 5) is 28.2. The number of carbonyl (C=O) groups is 2. The summed E-state index contributed by atoms with van der Waals surface area (Å²) in [6, 6.07) is 0.243. The van der Waals surface area contributed by atoms with Crippen LogP contribution >= 0.6 is 0 Å². The number of amides is 2. The Morgan fingerprint density at radius 1 is 1.14 bits per heavy atom. The molecule has 2 N–H and O–H groups in total. The van der Waals surface area contributed by atoms with Crippen LogP contribution in [0.4, 0.5) is 4.79 Å². The van der Waals surface area contributed by atoms with Crippen molar-refractivity contribution in [3.05, 3.63) is 0 Å². The zero-order valence-electron chi connectivity index (χ0n) is 12.7. The molecule has 2 atom stereocenters. The van der Waals surface area contributed by atoms with Crippen molar-refractivity contribution in [2.24, 2.45) is 5.92 Å². The van der Waals surface area contributed by atoms with Crippen LogP contribution in [0.15, 0.2) is 0 Å². The highest BCUT2D eigenvalue weighted by atomic mass is 16.4. The lowest BCUT2D eigenvalue weighted by Gasteiger charge is -2.44. The van der Waals surface area contributed by atoms with Gasteiger partial charge in [0.15, 0.2) is 0 Å². The Balaban J connectivity index is 1.61. The van der Waals surface area contributed by atoms with Crippen molar-refractivity contribution in [3.8, 4) is 0 Å². The number of carbonyl (C=O) groups excluding carboxylic acids is 1. The Hall–Kier alpha value is -1.30. The second kappa shape index (κ2) is 5.48. The van der Waals surface area contributed by atoms with Gasteiger partial charge in [-0.2, -0.15) is 0 Å². The molecule has 6 heteroatoms. The van der Waals surface area contributed by atoms with Gasteiger partial charge in [0, 0.05) is 25.7 Å². The van der Waals surface area contributed by atoms with Crippen molar-refractivity contribution in [2.75, 3.05) is 26.2 Å². The number of nitrogens with zero attached hydrogens (tertiary/aromatic N) is 2. The molecule has 1 saturated carbocycles. The number of rotatable bonds is 3. The second-order valence-corrected chi connectivity index (χ2v) is 6.84. The molecule has 2 amide bonds. The number of nitrogens with one attached hydrogen (secondary N) is 1. The van der Waals surface area contributed by atoms with Crippen LogP contribution in [0.2, 0.25) is 0 Å². The van der Waals surface area contributed by atoms with Crippen LogP contribution in [0.25, 0.3) is 0 Å². The summed E-state index contributed by atoms with van der Waals surface area (Å²) in [5.74, 6) is -0.843. The molecule has 0 spiro atoms. The van der Waals surface area contributed by atoms with Crippen molar-refractivity contribution in [1.29, 1.82) is 0 Å². The van der Waals surface area contributed by atoms with E-state index in [2.05, 4.69) is 10.2 Å². The molecule has 21 heavy (non-hydrogen) atoms. The van der Waals surface area contributed by atoms with E-state index < -0.39 is 11.5 Å². The molecule has 3 fully saturated rings. The third-order valence-corrected chi connectivity index (χ3v) is 5.33. The van der Waals surface area contributed by atoms with Gasteiger partial charge in [0.05, 0.1) is 0 Å². The summed E-state index contributed by atoms with van der Waals surface area (Å²) in [5, 5.41) is 12.2. The van der Waals surface area contributed by atoms with E-state index in [1.165, 1.54) is 12.8 Å². The largest absolute Gasteiger partial charge is 0.480 e. The van der Waals surface area contributed by atoms with Crippen molar-refractivity contribution < 1.29 is 14.7 Å². The van der Waals surface area contributed by atoms with Crippen LogP contribution in [-0.4, -0.2) is 64.7 Å². The fraction of sp³-hybridized carbons (Fsp3) is 0.867. The monoisotopic (exact) mass is 295 g/mol. The first-order valence-corrected chi connectivity index (χ1v) is 8.05. The molecular weight excluding hydrogens is 270 g/mol. The number of fused-ring (bicyclic) bond motifs is 1. The summed E-state index contributed by atoms with van der Waals surface area (Å²) in [7, 11) is 0. The Bertz CT molecular complexity index is 438. The minimum atomic E-state index is -1.11. The van der Waals surface area contributed by atoms with Crippen LogP contribution in [0.3, 0.4) is 0 Å². The van der Waals surface area contributed by atoms with Crippen LogP contribution in [-0.2, 0) is 4.79 Å². The molecule has 0 aromatic rings. The van der Waals surface area contributed by atoms with Crippen LogP contribution in [0.5, 0.6) is 0 Å². The number of urea groups is 1. The number of piperidine rings is 1. The summed E-state index contributed by atoms with van der Waals surface area (Å²) < 4.78 is 0. The van der Waals surface area contributed by atoms with Gasteiger partial charge in [-0.1, -0.05) is 6.42 Å². The molecule has 3 aliphatic rings. The van der Waals surface area contributed by atoms with E-state index in [0.29, 0.717) is 12.6 Å². The number of aliphatic carboxylic acids is 1. The fourth-order valence-electron chi connectivity index (χ4n) is 3.63. The van der Waals surface area contributed by atoms with E-state index in [1.807, 2.05) is 0 Å². The van der Waals surface area contributed by atoms with E-state index in [1.54, 1.807) is 11.8 Å². The van der Waals surface area contributed by atoms with Crippen molar-refractivity contribution >= 4 is 12.0 Å². The molecule has 6 nitrogen and oxygen atoms in total. The molecular formula is C15H25N3O3. The molecule has 2 heterocycles. The van der Waals surface area contributed by atoms with E-state index in [0.717, 1.165) is 38.9 Å². The van der Waals surface area contributed by atoms with Gasteiger partial charge in [0.2, 0.25) is 0 Å². The van der Waals surface area contributed by atoms with Crippen LogP contribution in [0.1, 0.15) is 39.0 Å². The average molecular weight is 295 g/mol. The lowest BCUT2D eigenvalue weighted by Crippen LogP contribution is -2.62. The number of piperazine rings is 1. The first-order valence-electron chi connectivity index (χ1n) is 8.05. The topological polar surface area (TPSA) is 72.9 Å². The van der Waals surface area contributed by atoms with Gasteiger partial charge in [-0.25, -0.2) is 9.59 Å². The Labute approximate surface area is 125 Å². The molecule has 3 rings (SSSR count). The summed E-state index contributed by atoms with van der Waals surface area (Å²) in [5.41, 5.74) is -1.11. The highest BCUT2D eigenvalue weighted by Gasteiger charge is 2.49. The third kappa shape index (κ3) is 2.86. The van der Waals surface area contributed by atoms with Crippen LogP contribution < -0.4 is 5.32 Å². The first-order chi connectivity index (χ1) is 10.0. The van der Waals surface area contributed by atoms with Crippen molar-refractivity contribution in [1.82, 2.24) is 15.1 Å². The highest BCUT2D eigenvalue weighted by molar-refractivity contribution is 5.86. The molecule has 0 aromatic carbocycles. The van der Waals surface area contributed by atoms with Gasteiger partial charge >= 0.3 is 12.0 Å². The lowest BCUT2D eigenvalue weighted by molar-refractivity contribution is -0.144. The maximum atomic E-state index is 12.5. The zero-order chi connectivity index (χ0) is 15.0.